The van der Waals surface area contributed by atoms with Gasteiger partial charge in [-0.3, -0.25) is 0 Å². The molecule has 0 bridgehead atoms. The van der Waals surface area contributed by atoms with Gasteiger partial charge in [0.1, 0.15) is 0 Å². The standard InChI is InChI=1S/C20H26O3/c1-19-7-5-13-14(16(19)6-8-20(19,2)21)4-3-12-9-17-18(10-15(12)13)23-11-22-17/h9-10,13-14,16,21H,3-8,11H2,1-2H3/t13?,14?,16?,19-,20?/m0/s1. The highest BCUT2D eigenvalue weighted by Gasteiger charge is 2.59. The van der Waals surface area contributed by atoms with Crippen molar-refractivity contribution in [3.63, 3.8) is 0 Å². The van der Waals surface area contributed by atoms with Crippen molar-refractivity contribution in [2.24, 2.45) is 17.3 Å². The summed E-state index contributed by atoms with van der Waals surface area (Å²) >= 11 is 0. The summed E-state index contributed by atoms with van der Waals surface area (Å²) in [6.07, 6.45) is 6.88. The molecule has 0 spiro atoms. The average Bonchev–Trinajstić information content (AvgIpc) is 3.07. The van der Waals surface area contributed by atoms with E-state index in [0.717, 1.165) is 36.7 Å². The van der Waals surface area contributed by atoms with Crippen LogP contribution in [0.5, 0.6) is 11.5 Å². The van der Waals surface area contributed by atoms with Gasteiger partial charge in [-0.2, -0.15) is 0 Å². The van der Waals surface area contributed by atoms with Crippen LogP contribution in [0, 0.1) is 17.3 Å². The minimum absolute atomic E-state index is 0.0992. The van der Waals surface area contributed by atoms with E-state index in [1.54, 1.807) is 0 Å². The summed E-state index contributed by atoms with van der Waals surface area (Å²) in [5, 5.41) is 10.9. The lowest BCUT2D eigenvalue weighted by Gasteiger charge is -2.52. The first kappa shape index (κ1) is 14.2. The van der Waals surface area contributed by atoms with Crippen molar-refractivity contribution in [1.29, 1.82) is 0 Å². The van der Waals surface area contributed by atoms with Crippen LogP contribution in [0.25, 0.3) is 0 Å². The Morgan fingerprint density at radius 2 is 1.83 bits per heavy atom. The molecule has 1 aliphatic heterocycles. The quantitative estimate of drug-likeness (QED) is 0.786. The van der Waals surface area contributed by atoms with Crippen molar-refractivity contribution < 1.29 is 14.6 Å². The molecule has 0 radical (unpaired) electrons. The van der Waals surface area contributed by atoms with Crippen LogP contribution in [0.3, 0.4) is 0 Å². The fourth-order valence-corrected chi connectivity index (χ4v) is 6.20. The molecule has 4 aliphatic rings. The number of hydrogen-bond acceptors (Lipinski definition) is 3. The lowest BCUT2D eigenvalue weighted by atomic mass is 9.53. The van der Waals surface area contributed by atoms with Crippen molar-refractivity contribution >= 4 is 0 Å². The van der Waals surface area contributed by atoms with Crippen LogP contribution >= 0.6 is 0 Å². The smallest absolute Gasteiger partial charge is 0.231 e. The van der Waals surface area contributed by atoms with Gasteiger partial charge in [0, 0.05) is 0 Å². The molecule has 3 nitrogen and oxygen atoms in total. The topological polar surface area (TPSA) is 38.7 Å². The predicted octanol–water partition coefficient (Wildman–Crippen LogP) is 4.02. The Bertz CT molecular complexity index is 665. The Kier molecular flexibility index (Phi) is 2.73. The van der Waals surface area contributed by atoms with Gasteiger partial charge in [-0.25, -0.2) is 0 Å². The van der Waals surface area contributed by atoms with Crippen LogP contribution in [0.4, 0.5) is 0 Å². The molecule has 0 amide bonds. The highest BCUT2D eigenvalue weighted by Crippen LogP contribution is 2.64. The zero-order chi connectivity index (χ0) is 15.8. The Hall–Kier alpha value is -1.22. The molecule has 1 heterocycles. The average molecular weight is 314 g/mol. The molecule has 2 saturated carbocycles. The van der Waals surface area contributed by atoms with Crippen molar-refractivity contribution in [1.82, 2.24) is 0 Å². The maximum Gasteiger partial charge on any atom is 0.231 e. The predicted molar refractivity (Wildman–Crippen MR) is 87.8 cm³/mol. The van der Waals surface area contributed by atoms with Gasteiger partial charge in [0.05, 0.1) is 5.60 Å². The van der Waals surface area contributed by atoms with Crippen molar-refractivity contribution in [3.8, 4) is 11.5 Å². The van der Waals surface area contributed by atoms with Gasteiger partial charge in [0.15, 0.2) is 11.5 Å². The fourth-order valence-electron chi connectivity index (χ4n) is 6.20. The van der Waals surface area contributed by atoms with Crippen LogP contribution in [0.15, 0.2) is 12.1 Å². The number of hydrogen-bond donors (Lipinski definition) is 1. The van der Waals surface area contributed by atoms with Crippen molar-refractivity contribution in [2.45, 2.75) is 63.9 Å². The Morgan fingerprint density at radius 1 is 1.04 bits per heavy atom. The van der Waals surface area contributed by atoms with E-state index in [9.17, 15) is 5.11 Å². The van der Waals surface area contributed by atoms with Gasteiger partial charge in [0.2, 0.25) is 6.79 Å². The molecule has 124 valence electrons. The first-order chi connectivity index (χ1) is 11.0. The Balaban J connectivity index is 1.54. The molecule has 3 heteroatoms. The minimum Gasteiger partial charge on any atom is -0.454 e. The van der Waals surface area contributed by atoms with E-state index in [-0.39, 0.29) is 5.41 Å². The van der Waals surface area contributed by atoms with E-state index in [1.165, 1.54) is 30.4 Å². The normalized spacial score (nSPS) is 43.7. The molecule has 1 N–H and O–H groups in total. The molecule has 23 heavy (non-hydrogen) atoms. The highest BCUT2D eigenvalue weighted by molar-refractivity contribution is 5.51. The number of rotatable bonds is 0. The summed E-state index contributed by atoms with van der Waals surface area (Å²) in [5.41, 5.74) is 2.57. The maximum absolute atomic E-state index is 10.9. The van der Waals surface area contributed by atoms with Crippen LogP contribution in [-0.4, -0.2) is 17.5 Å². The molecular formula is C20H26O3. The van der Waals surface area contributed by atoms with Crippen molar-refractivity contribution in [3.05, 3.63) is 23.3 Å². The lowest BCUT2D eigenvalue weighted by Crippen LogP contribution is -2.49. The van der Waals surface area contributed by atoms with Gasteiger partial charge in [-0.15, -0.1) is 0 Å². The second-order valence-electron chi connectivity index (χ2n) is 8.59. The summed E-state index contributed by atoms with van der Waals surface area (Å²) in [5.74, 6) is 3.87. The van der Waals surface area contributed by atoms with E-state index in [2.05, 4.69) is 26.0 Å². The highest BCUT2D eigenvalue weighted by atomic mass is 16.7. The molecule has 3 aliphatic carbocycles. The van der Waals surface area contributed by atoms with E-state index in [1.807, 2.05) is 0 Å². The van der Waals surface area contributed by atoms with Gasteiger partial charge in [0.25, 0.3) is 0 Å². The van der Waals surface area contributed by atoms with E-state index < -0.39 is 5.60 Å². The molecule has 2 fully saturated rings. The lowest BCUT2D eigenvalue weighted by molar-refractivity contribution is -0.0901. The molecule has 4 unspecified atom stereocenters. The van der Waals surface area contributed by atoms with Crippen LogP contribution in [0.1, 0.15) is 63.0 Å². The number of aryl methyl sites for hydroxylation is 1. The van der Waals surface area contributed by atoms with Crippen molar-refractivity contribution in [2.75, 3.05) is 6.79 Å². The van der Waals surface area contributed by atoms with Gasteiger partial charge < -0.3 is 14.6 Å². The maximum atomic E-state index is 10.9. The summed E-state index contributed by atoms with van der Waals surface area (Å²) in [6.45, 7) is 4.77. The number of benzene rings is 1. The molecule has 5 rings (SSSR count). The SMILES string of the molecule is CC1(O)CCC2C3CCc4cc5c(cc4C3CC[C@@]21C)OCO5. The molecule has 0 saturated heterocycles. The monoisotopic (exact) mass is 314 g/mol. The Morgan fingerprint density at radius 3 is 2.65 bits per heavy atom. The third-order valence-corrected chi connectivity index (χ3v) is 7.78. The number of aliphatic hydroxyl groups is 1. The molecule has 1 aromatic carbocycles. The van der Waals surface area contributed by atoms with E-state index >= 15 is 0 Å². The fraction of sp³-hybridized carbons (Fsp3) is 0.700. The third-order valence-electron chi connectivity index (χ3n) is 7.78. The molecule has 1 aromatic rings. The number of fused-ring (bicyclic) bond motifs is 6. The van der Waals surface area contributed by atoms with E-state index in [0.29, 0.717) is 18.6 Å². The summed E-state index contributed by atoms with van der Waals surface area (Å²) in [6, 6.07) is 4.47. The van der Waals surface area contributed by atoms with Gasteiger partial charge in [-0.05, 0) is 91.9 Å². The van der Waals surface area contributed by atoms with Crippen LogP contribution in [0.2, 0.25) is 0 Å². The first-order valence-corrected chi connectivity index (χ1v) is 9.14. The molecule has 5 atom stereocenters. The summed E-state index contributed by atoms with van der Waals surface area (Å²) < 4.78 is 11.2. The largest absolute Gasteiger partial charge is 0.454 e. The van der Waals surface area contributed by atoms with Gasteiger partial charge >= 0.3 is 0 Å². The second kappa shape index (κ2) is 4.44. The zero-order valence-electron chi connectivity index (χ0n) is 14.1. The van der Waals surface area contributed by atoms with Crippen LogP contribution in [-0.2, 0) is 6.42 Å². The second-order valence-corrected chi connectivity index (χ2v) is 8.59. The summed E-state index contributed by atoms with van der Waals surface area (Å²) in [7, 11) is 0. The number of ether oxygens (including phenoxy) is 2. The zero-order valence-corrected chi connectivity index (χ0v) is 14.1. The van der Waals surface area contributed by atoms with E-state index in [4.69, 9.17) is 9.47 Å². The first-order valence-electron chi connectivity index (χ1n) is 9.14. The Labute approximate surface area is 138 Å². The molecular weight excluding hydrogens is 288 g/mol. The summed E-state index contributed by atoms with van der Waals surface area (Å²) in [4.78, 5) is 0. The van der Waals surface area contributed by atoms with Gasteiger partial charge in [-0.1, -0.05) is 6.92 Å². The third kappa shape index (κ3) is 1.75. The molecule has 0 aromatic heterocycles. The van der Waals surface area contributed by atoms with Crippen LogP contribution < -0.4 is 9.47 Å². The minimum atomic E-state index is -0.488.